The first kappa shape index (κ1) is 20.4. The number of nitrogens with zero attached hydrogens (tertiary/aromatic N) is 6. The lowest BCUT2D eigenvalue weighted by Crippen LogP contribution is -2.48. The van der Waals surface area contributed by atoms with Crippen LogP contribution in [0.15, 0.2) is 43.0 Å². The fourth-order valence-corrected chi connectivity index (χ4v) is 4.74. The molecule has 1 saturated carbocycles. The number of alkyl halides is 3. The van der Waals surface area contributed by atoms with Crippen LogP contribution in [0.3, 0.4) is 0 Å². The quantitative estimate of drug-likeness (QED) is 0.667. The highest BCUT2D eigenvalue weighted by molar-refractivity contribution is 5.98. The number of anilines is 1. The van der Waals surface area contributed by atoms with Gasteiger partial charge in [0, 0.05) is 12.6 Å². The largest absolute Gasteiger partial charge is 0.434 e. The van der Waals surface area contributed by atoms with Crippen LogP contribution in [0.1, 0.15) is 34.5 Å². The average molecular weight is 443 g/mol. The summed E-state index contributed by atoms with van der Waals surface area (Å²) < 4.78 is 38.2. The first-order valence-corrected chi connectivity index (χ1v) is 10.2. The van der Waals surface area contributed by atoms with Crippen molar-refractivity contribution in [3.8, 4) is 5.69 Å². The van der Waals surface area contributed by atoms with Crippen LogP contribution in [-0.2, 0) is 6.18 Å². The van der Waals surface area contributed by atoms with Crippen LogP contribution >= 0.6 is 0 Å². The molecule has 3 atom stereocenters. The lowest BCUT2D eigenvalue weighted by Gasteiger charge is -2.34. The molecule has 5 rings (SSSR count). The number of aromatic nitrogens is 5. The highest BCUT2D eigenvalue weighted by Gasteiger charge is 2.47. The fraction of sp³-hybridized carbons (Fsp3) is 0.381. The summed E-state index contributed by atoms with van der Waals surface area (Å²) in [7, 11) is 0. The number of fused-ring (bicyclic) bond motifs is 2. The number of carbonyl (C=O) groups is 1. The van der Waals surface area contributed by atoms with E-state index >= 15 is 0 Å². The normalized spacial score (nSPS) is 22.4. The summed E-state index contributed by atoms with van der Waals surface area (Å²) in [4.78, 5) is 24.1. The molecule has 1 saturated heterocycles. The third-order valence-electron chi connectivity index (χ3n) is 6.11. The Kier molecular flexibility index (Phi) is 4.83. The minimum Gasteiger partial charge on any atom is -0.364 e. The summed E-state index contributed by atoms with van der Waals surface area (Å²) in [6, 6.07) is 5.30. The molecule has 32 heavy (non-hydrogen) atoms. The minimum atomic E-state index is -4.53. The summed E-state index contributed by atoms with van der Waals surface area (Å²) in [5, 5.41) is 11.6. The molecule has 2 aliphatic rings. The molecule has 11 heteroatoms. The number of aryl methyl sites for hydroxylation is 1. The van der Waals surface area contributed by atoms with Crippen molar-refractivity contribution in [2.24, 2.45) is 5.92 Å². The predicted octanol–water partition coefficient (Wildman–Crippen LogP) is 3.10. The van der Waals surface area contributed by atoms with E-state index in [1.807, 2.05) is 24.0 Å². The van der Waals surface area contributed by atoms with Crippen LogP contribution in [0.25, 0.3) is 5.69 Å². The molecule has 3 aromatic rings. The Labute approximate surface area is 181 Å². The average Bonchev–Trinajstić information content (AvgIpc) is 3.50. The second-order valence-electron chi connectivity index (χ2n) is 8.19. The van der Waals surface area contributed by atoms with Crippen LogP contribution in [0.4, 0.5) is 19.0 Å². The Bertz CT molecular complexity index is 1130. The number of hydrogen-bond donors (Lipinski definition) is 1. The number of amides is 1. The summed E-state index contributed by atoms with van der Waals surface area (Å²) in [6.07, 6.45) is 2.04. The van der Waals surface area contributed by atoms with Gasteiger partial charge in [0.25, 0.3) is 5.91 Å². The summed E-state index contributed by atoms with van der Waals surface area (Å²) in [6.45, 7) is 2.54. The van der Waals surface area contributed by atoms with Crippen LogP contribution in [0.5, 0.6) is 0 Å². The molecule has 0 unspecified atom stereocenters. The molecule has 0 spiro atoms. The lowest BCUT2D eigenvalue weighted by molar-refractivity contribution is -0.141. The second kappa shape index (κ2) is 7.57. The molecule has 8 nitrogen and oxygen atoms in total. The number of piperidine rings is 1. The van der Waals surface area contributed by atoms with E-state index in [9.17, 15) is 18.0 Å². The van der Waals surface area contributed by atoms with Crippen LogP contribution in [0.2, 0.25) is 0 Å². The molecule has 1 aromatic carbocycles. The molecule has 2 fully saturated rings. The SMILES string of the molecule is Cc1cccc(C(=O)N2C[C@@H]3C[C@@H](Nc4cnc(C(F)(F)F)cn4)[C@@H]2C3)c1-n1nccn1. The third kappa shape index (κ3) is 3.57. The van der Waals surface area contributed by atoms with E-state index < -0.39 is 11.9 Å². The fourth-order valence-electron chi connectivity index (χ4n) is 4.74. The highest BCUT2D eigenvalue weighted by Crippen LogP contribution is 2.40. The van der Waals surface area contributed by atoms with E-state index in [2.05, 4.69) is 25.5 Å². The molecule has 1 aliphatic carbocycles. The number of benzene rings is 1. The summed E-state index contributed by atoms with van der Waals surface area (Å²) in [5.74, 6) is 0.471. The molecule has 1 N–H and O–H groups in total. The van der Waals surface area contributed by atoms with Gasteiger partial charge >= 0.3 is 6.18 Å². The Hall–Kier alpha value is -3.50. The lowest BCUT2D eigenvalue weighted by atomic mass is 10.0. The first-order chi connectivity index (χ1) is 15.3. The van der Waals surface area contributed by atoms with E-state index in [0.717, 1.165) is 24.6 Å². The van der Waals surface area contributed by atoms with Crippen molar-refractivity contribution in [2.45, 2.75) is 38.0 Å². The number of likely N-dealkylation sites (tertiary alicyclic amines) is 1. The molecule has 166 valence electrons. The maximum absolute atomic E-state index is 13.5. The van der Waals surface area contributed by atoms with Gasteiger partial charge < -0.3 is 10.2 Å². The molecule has 1 amide bonds. The molecule has 2 bridgehead atoms. The van der Waals surface area contributed by atoms with Gasteiger partial charge in [0.2, 0.25) is 0 Å². The van der Waals surface area contributed by atoms with Gasteiger partial charge in [0.15, 0.2) is 5.69 Å². The second-order valence-corrected chi connectivity index (χ2v) is 8.19. The van der Waals surface area contributed by atoms with Crippen molar-refractivity contribution >= 4 is 11.7 Å². The van der Waals surface area contributed by atoms with Gasteiger partial charge in [-0.1, -0.05) is 12.1 Å². The zero-order chi connectivity index (χ0) is 22.5. The number of halogens is 3. The zero-order valence-electron chi connectivity index (χ0n) is 17.1. The standard InChI is InChI=1S/C21H20F3N7O/c1-12-3-2-4-14(19(12)31-27-5-6-28-31)20(32)30-11-13-7-15(16(30)8-13)29-18-10-25-17(9-26-18)21(22,23)24/h2-6,9-10,13,15-16H,7-8,11H2,1H3,(H,26,29)/t13-,15-,16+/m1/s1. The third-order valence-corrected chi connectivity index (χ3v) is 6.11. The van der Waals surface area contributed by atoms with Crippen molar-refractivity contribution in [1.82, 2.24) is 29.9 Å². The van der Waals surface area contributed by atoms with Gasteiger partial charge in [-0.25, -0.2) is 9.97 Å². The van der Waals surface area contributed by atoms with E-state index in [0.29, 0.717) is 29.9 Å². The summed E-state index contributed by atoms with van der Waals surface area (Å²) >= 11 is 0. The molecule has 2 aromatic heterocycles. The van der Waals surface area contributed by atoms with Gasteiger partial charge in [-0.2, -0.15) is 28.2 Å². The maximum atomic E-state index is 13.5. The number of nitrogens with one attached hydrogen (secondary N) is 1. The number of para-hydroxylation sites is 1. The van der Waals surface area contributed by atoms with Crippen molar-refractivity contribution in [2.75, 3.05) is 11.9 Å². The van der Waals surface area contributed by atoms with Gasteiger partial charge in [0.1, 0.15) is 11.5 Å². The van der Waals surface area contributed by atoms with Crippen LogP contribution in [0, 0.1) is 12.8 Å². The Morgan fingerprint density at radius 1 is 1.12 bits per heavy atom. The van der Waals surface area contributed by atoms with Crippen LogP contribution < -0.4 is 5.32 Å². The molecule has 0 radical (unpaired) electrons. The first-order valence-electron chi connectivity index (χ1n) is 10.2. The highest BCUT2D eigenvalue weighted by atomic mass is 19.4. The maximum Gasteiger partial charge on any atom is 0.434 e. The van der Waals surface area contributed by atoms with Gasteiger partial charge in [-0.15, -0.1) is 0 Å². The van der Waals surface area contributed by atoms with Gasteiger partial charge in [0.05, 0.1) is 36.4 Å². The van der Waals surface area contributed by atoms with Crippen molar-refractivity contribution < 1.29 is 18.0 Å². The monoisotopic (exact) mass is 443 g/mol. The Morgan fingerprint density at radius 3 is 2.56 bits per heavy atom. The van der Waals surface area contributed by atoms with E-state index in [4.69, 9.17) is 0 Å². The molecule has 1 aliphatic heterocycles. The molecular formula is C21H20F3N7O. The van der Waals surface area contributed by atoms with E-state index in [1.165, 1.54) is 4.80 Å². The Balaban J connectivity index is 1.37. The van der Waals surface area contributed by atoms with Crippen molar-refractivity contribution in [1.29, 1.82) is 0 Å². The molecule has 3 heterocycles. The minimum absolute atomic E-state index is 0.0875. The van der Waals surface area contributed by atoms with Crippen molar-refractivity contribution in [3.05, 3.63) is 59.8 Å². The van der Waals surface area contributed by atoms with Gasteiger partial charge in [-0.05, 0) is 37.3 Å². The van der Waals surface area contributed by atoms with Crippen molar-refractivity contribution in [3.63, 3.8) is 0 Å². The predicted molar refractivity (Wildman–Crippen MR) is 108 cm³/mol. The summed E-state index contributed by atoms with van der Waals surface area (Å²) in [5.41, 5.74) is 1.00. The van der Waals surface area contributed by atoms with E-state index in [-0.39, 0.29) is 23.8 Å². The van der Waals surface area contributed by atoms with Crippen LogP contribution in [-0.4, -0.2) is 54.4 Å². The number of rotatable bonds is 4. The van der Waals surface area contributed by atoms with E-state index in [1.54, 1.807) is 18.5 Å². The Morgan fingerprint density at radius 2 is 1.91 bits per heavy atom. The smallest absolute Gasteiger partial charge is 0.364 e. The number of carbonyl (C=O) groups excluding carboxylic acids is 1. The topological polar surface area (TPSA) is 88.8 Å². The molecular weight excluding hydrogens is 423 g/mol. The van der Waals surface area contributed by atoms with Gasteiger partial charge in [-0.3, -0.25) is 4.79 Å². The number of hydrogen-bond acceptors (Lipinski definition) is 6. The zero-order valence-corrected chi connectivity index (χ0v) is 17.1.